The maximum absolute atomic E-state index is 13.0. The number of piperidine rings is 1. The molecule has 0 atom stereocenters. The van der Waals surface area contributed by atoms with Crippen LogP contribution in [0.4, 0.5) is 0 Å². The molecule has 0 aromatic heterocycles. The summed E-state index contributed by atoms with van der Waals surface area (Å²) in [5.41, 5.74) is 0.214. The van der Waals surface area contributed by atoms with E-state index in [1.165, 1.54) is 12.1 Å². The van der Waals surface area contributed by atoms with Crippen LogP contribution in [-0.2, 0) is 9.63 Å². The van der Waals surface area contributed by atoms with E-state index in [1.807, 2.05) is 25.1 Å². The predicted molar refractivity (Wildman–Crippen MR) is 107 cm³/mol. The van der Waals surface area contributed by atoms with Crippen molar-refractivity contribution >= 4 is 23.7 Å². The van der Waals surface area contributed by atoms with Crippen molar-refractivity contribution in [3.05, 3.63) is 71.3 Å². The van der Waals surface area contributed by atoms with E-state index in [0.29, 0.717) is 43.0 Å². The highest BCUT2D eigenvalue weighted by Gasteiger charge is 2.46. The molecular weight excluding hydrogens is 384 g/mol. The summed E-state index contributed by atoms with van der Waals surface area (Å²) >= 11 is 0. The largest absolute Gasteiger partial charge is 0.339 e. The van der Waals surface area contributed by atoms with Gasteiger partial charge in [-0.15, -0.1) is 0 Å². The van der Waals surface area contributed by atoms with E-state index in [-0.39, 0.29) is 17.0 Å². The normalized spacial score (nSPS) is 17.6. The monoisotopic (exact) mass is 406 g/mol. The van der Waals surface area contributed by atoms with Gasteiger partial charge in [0.1, 0.15) is 0 Å². The van der Waals surface area contributed by atoms with Crippen LogP contribution < -0.4 is 0 Å². The minimum atomic E-state index is -0.844. The Morgan fingerprint density at radius 2 is 1.43 bits per heavy atom. The summed E-state index contributed by atoms with van der Waals surface area (Å²) < 4.78 is 0. The summed E-state index contributed by atoms with van der Waals surface area (Å²) in [4.78, 5) is 57.7. The van der Waals surface area contributed by atoms with Gasteiger partial charge in [-0.25, -0.2) is 4.79 Å². The highest BCUT2D eigenvalue weighted by Crippen LogP contribution is 2.37. The second-order valence-corrected chi connectivity index (χ2v) is 7.62. The number of rotatable bonds is 4. The summed E-state index contributed by atoms with van der Waals surface area (Å²) in [5, 5.41) is 0.561. The van der Waals surface area contributed by atoms with Gasteiger partial charge in [0.25, 0.3) is 17.7 Å². The Morgan fingerprint density at radius 3 is 1.97 bits per heavy atom. The summed E-state index contributed by atoms with van der Waals surface area (Å²) in [7, 11) is 0. The molecule has 154 valence electrons. The van der Waals surface area contributed by atoms with Crippen molar-refractivity contribution in [2.24, 2.45) is 5.41 Å². The zero-order chi connectivity index (χ0) is 21.3. The fourth-order valence-electron chi connectivity index (χ4n) is 4.03. The first-order valence-electron chi connectivity index (χ1n) is 10.0. The van der Waals surface area contributed by atoms with Gasteiger partial charge in [-0.05, 0) is 43.5 Å². The number of carbonyl (C=O) groups is 4. The number of benzene rings is 2. The van der Waals surface area contributed by atoms with Crippen LogP contribution in [0.15, 0.2) is 54.6 Å². The molecule has 2 heterocycles. The number of hydroxylamine groups is 2. The topological polar surface area (TPSA) is 84.0 Å². The lowest BCUT2D eigenvalue weighted by Crippen LogP contribution is -2.48. The van der Waals surface area contributed by atoms with Gasteiger partial charge >= 0.3 is 5.97 Å². The Morgan fingerprint density at radius 1 is 0.900 bits per heavy atom. The molecule has 1 fully saturated rings. The van der Waals surface area contributed by atoms with Gasteiger partial charge in [-0.2, -0.15) is 0 Å². The Bertz CT molecular complexity index is 974. The standard InChI is InChI=1S/C23H22N2O5/c1-2-23(12-14-24(15-13-23)19(26)16-8-4-3-5-9-16)22(29)30-25-20(27)17-10-6-7-11-18(17)21(25)28/h3-11H,2,12-15H2,1H3. The minimum Gasteiger partial charge on any atom is -0.339 e. The summed E-state index contributed by atoms with van der Waals surface area (Å²) in [6.07, 6.45) is 1.30. The van der Waals surface area contributed by atoms with E-state index in [2.05, 4.69) is 0 Å². The third-order valence-corrected chi connectivity index (χ3v) is 6.07. The number of fused-ring (bicyclic) bond motifs is 1. The smallest absolute Gasteiger partial charge is 0.339 e. The number of hydrogen-bond donors (Lipinski definition) is 0. The molecule has 0 bridgehead atoms. The molecule has 4 rings (SSSR count). The van der Waals surface area contributed by atoms with Gasteiger partial charge in [0, 0.05) is 18.7 Å². The Balaban J connectivity index is 1.45. The highest BCUT2D eigenvalue weighted by molar-refractivity contribution is 6.20. The van der Waals surface area contributed by atoms with Gasteiger partial charge in [-0.1, -0.05) is 42.3 Å². The molecule has 2 aromatic rings. The van der Waals surface area contributed by atoms with Crippen molar-refractivity contribution in [2.75, 3.05) is 13.1 Å². The van der Waals surface area contributed by atoms with Gasteiger partial charge in [-0.3, -0.25) is 14.4 Å². The van der Waals surface area contributed by atoms with E-state index in [1.54, 1.807) is 29.2 Å². The number of carbonyl (C=O) groups excluding carboxylic acids is 4. The third kappa shape index (κ3) is 3.26. The quantitative estimate of drug-likeness (QED) is 0.729. The first kappa shape index (κ1) is 19.8. The van der Waals surface area contributed by atoms with Crippen LogP contribution in [0.1, 0.15) is 57.3 Å². The van der Waals surface area contributed by atoms with Gasteiger partial charge in [0.05, 0.1) is 16.5 Å². The molecule has 3 amide bonds. The zero-order valence-corrected chi connectivity index (χ0v) is 16.7. The number of hydrogen-bond acceptors (Lipinski definition) is 5. The summed E-state index contributed by atoms with van der Waals surface area (Å²) in [6, 6.07) is 15.4. The van der Waals surface area contributed by atoms with Crippen molar-refractivity contribution in [1.82, 2.24) is 9.96 Å². The van der Waals surface area contributed by atoms with Crippen molar-refractivity contribution in [1.29, 1.82) is 0 Å². The van der Waals surface area contributed by atoms with E-state index in [4.69, 9.17) is 4.84 Å². The van der Waals surface area contributed by atoms with Gasteiger partial charge < -0.3 is 9.74 Å². The molecule has 2 aromatic carbocycles. The van der Waals surface area contributed by atoms with E-state index in [9.17, 15) is 19.2 Å². The molecule has 0 unspecified atom stereocenters. The molecule has 30 heavy (non-hydrogen) atoms. The van der Waals surface area contributed by atoms with Crippen molar-refractivity contribution < 1.29 is 24.0 Å². The first-order valence-corrected chi connectivity index (χ1v) is 10.0. The number of nitrogens with zero attached hydrogens (tertiary/aromatic N) is 2. The van der Waals surface area contributed by atoms with E-state index < -0.39 is 23.2 Å². The van der Waals surface area contributed by atoms with Crippen LogP contribution in [0.25, 0.3) is 0 Å². The number of imide groups is 1. The van der Waals surface area contributed by atoms with Crippen LogP contribution in [0, 0.1) is 5.41 Å². The molecule has 0 N–H and O–H groups in total. The van der Waals surface area contributed by atoms with Crippen molar-refractivity contribution in [3.63, 3.8) is 0 Å². The molecule has 0 aliphatic carbocycles. The molecular formula is C23H22N2O5. The molecule has 7 nitrogen and oxygen atoms in total. The Kier molecular flexibility index (Phi) is 5.11. The lowest BCUT2D eigenvalue weighted by molar-refractivity contribution is -0.184. The number of likely N-dealkylation sites (tertiary alicyclic amines) is 1. The maximum Gasteiger partial charge on any atom is 0.339 e. The third-order valence-electron chi connectivity index (χ3n) is 6.07. The highest BCUT2D eigenvalue weighted by atomic mass is 16.7. The molecule has 0 radical (unpaired) electrons. The average molecular weight is 406 g/mol. The van der Waals surface area contributed by atoms with Gasteiger partial charge in [0.2, 0.25) is 0 Å². The van der Waals surface area contributed by atoms with E-state index in [0.717, 1.165) is 0 Å². The first-order chi connectivity index (χ1) is 14.5. The predicted octanol–water partition coefficient (Wildman–Crippen LogP) is 3.07. The number of amides is 3. The molecule has 7 heteroatoms. The van der Waals surface area contributed by atoms with E-state index >= 15 is 0 Å². The van der Waals surface area contributed by atoms with Crippen LogP contribution in [0.3, 0.4) is 0 Å². The van der Waals surface area contributed by atoms with Crippen LogP contribution in [0.2, 0.25) is 0 Å². The fraction of sp³-hybridized carbons (Fsp3) is 0.304. The lowest BCUT2D eigenvalue weighted by atomic mass is 9.76. The fourth-order valence-corrected chi connectivity index (χ4v) is 4.03. The summed E-state index contributed by atoms with van der Waals surface area (Å²) in [5.74, 6) is -1.95. The lowest BCUT2D eigenvalue weighted by Gasteiger charge is -2.39. The van der Waals surface area contributed by atoms with Crippen LogP contribution in [0.5, 0.6) is 0 Å². The SMILES string of the molecule is CCC1(C(=O)ON2C(=O)c3ccccc3C2=O)CCN(C(=O)c2ccccc2)CC1. The molecule has 2 aliphatic rings. The molecule has 0 spiro atoms. The zero-order valence-electron chi connectivity index (χ0n) is 16.7. The van der Waals surface area contributed by atoms with Gasteiger partial charge in [0.15, 0.2) is 0 Å². The Labute approximate surface area is 174 Å². The average Bonchev–Trinajstić information content (AvgIpc) is 3.04. The Hall–Kier alpha value is -3.48. The van der Waals surface area contributed by atoms with Crippen molar-refractivity contribution in [3.8, 4) is 0 Å². The van der Waals surface area contributed by atoms with Crippen LogP contribution in [-0.4, -0.2) is 46.7 Å². The molecule has 1 saturated heterocycles. The second kappa shape index (κ2) is 7.74. The van der Waals surface area contributed by atoms with Crippen LogP contribution >= 0.6 is 0 Å². The summed E-state index contributed by atoms with van der Waals surface area (Å²) in [6.45, 7) is 2.68. The minimum absolute atomic E-state index is 0.0750. The van der Waals surface area contributed by atoms with Crippen molar-refractivity contribution in [2.45, 2.75) is 26.2 Å². The second-order valence-electron chi connectivity index (χ2n) is 7.62. The maximum atomic E-state index is 13.0. The molecule has 2 aliphatic heterocycles. The molecule has 0 saturated carbocycles.